The van der Waals surface area contributed by atoms with E-state index in [2.05, 4.69) is 96.4 Å². The molecule has 35 heteroatoms. The highest BCUT2D eigenvalue weighted by Gasteiger charge is 2.32. The van der Waals surface area contributed by atoms with Crippen molar-refractivity contribution in [3.05, 3.63) is 144 Å². The van der Waals surface area contributed by atoms with E-state index in [1.807, 2.05) is 30.3 Å². The number of anilines is 5. The molecule has 10 heterocycles. The fourth-order valence-electron chi connectivity index (χ4n) is 11.1. The Morgan fingerprint density at radius 1 is 0.326 bits per heavy atom. The van der Waals surface area contributed by atoms with Crippen LogP contribution in [0.4, 0.5) is 29.6 Å². The van der Waals surface area contributed by atoms with E-state index in [0.29, 0.717) is 88.0 Å². The van der Waals surface area contributed by atoms with Crippen molar-refractivity contribution < 1.29 is 0 Å². The van der Waals surface area contributed by atoms with Gasteiger partial charge in [0.2, 0.25) is 23.8 Å². The molecule has 86 heavy (non-hydrogen) atoms. The van der Waals surface area contributed by atoms with Crippen LogP contribution >= 0.6 is 0 Å². The zero-order valence-corrected chi connectivity index (χ0v) is 43.5. The maximum Gasteiger partial charge on any atom is 0.349 e. The zero-order chi connectivity index (χ0) is 58.7. The molecule has 0 unspecified atom stereocenters. The monoisotopic (exact) mass is 1140 g/mol. The molecule has 416 valence electrons. The molecule has 16 aromatic rings. The minimum atomic E-state index is -0.616. The Hall–Kier alpha value is -13.5. The summed E-state index contributed by atoms with van der Waals surface area (Å²) in [5.41, 5.74) is 31.7. The first kappa shape index (κ1) is 48.4. The SMILES string of the molecule is Cn1c(-c2cn(-c3cc4c(-n5cc(-c6cc(=O)[nH]c(N)n6)nn5)cc5c(-n6cc(-c7cc(=O)[nH]c(N)n7)nn6)cc6c(-n7cc(-c8cc(=O)[nH]c(N)n8)nn7)cc7c(-n8cc(-c9cc(=O)[nH]c(N)n9)nn8)cc3c3c7c6c5c43)nn2)cc(N)nc1=O. The van der Waals surface area contributed by atoms with E-state index in [4.69, 9.17) is 28.7 Å². The molecule has 0 bridgehead atoms. The molecule has 0 radical (unpaired) electrons. The number of aromatic nitrogens is 25. The second-order valence-electron chi connectivity index (χ2n) is 19.8. The third-order valence-electron chi connectivity index (χ3n) is 14.6. The molecule has 14 N–H and O–H groups in total. The molecule has 0 saturated heterocycles. The maximum absolute atomic E-state index is 13.0. The van der Waals surface area contributed by atoms with Gasteiger partial charge in [0.25, 0.3) is 22.2 Å². The van der Waals surface area contributed by atoms with Crippen LogP contribution in [0.5, 0.6) is 0 Å². The lowest BCUT2D eigenvalue weighted by molar-refractivity contribution is 0.799. The standard InChI is InChI=1S/C51H32N30O5/c1-76-36(11-37(52)61-51(76)86)30-16-81(75-70-30)35-6-20-33(79-14-28(68-73-79)24-9-40(84)64-49(55)59-24)4-18-31(77-12-26(66-71-77)22-7-38(82)62-47(53)57-22)2-17-32(78-13-27(67-72-78)23-8-39(83)63-48(54)58-23)3-19-34(5-21(35)46-44(19)42(17)43(18)45(20)46)80-15-29(69-74-80)25-10-41(85)65-50(56)60-25/h2-16H,1H3,(H2,52,61,86)(H3,53,57,62,82)(H3,54,58,63,83)(H3,55,59,64,84)(H3,56,60,65,85). The Labute approximate surface area is 471 Å². The fraction of sp³-hybridized carbons (Fsp3) is 0.0196. The number of benzene rings is 5. The van der Waals surface area contributed by atoms with Gasteiger partial charge in [-0.25, -0.2) is 48.1 Å². The van der Waals surface area contributed by atoms with Gasteiger partial charge in [-0.1, -0.05) is 26.1 Å². The van der Waals surface area contributed by atoms with Crippen molar-refractivity contribution in [1.29, 1.82) is 0 Å². The second-order valence-corrected chi connectivity index (χ2v) is 19.8. The van der Waals surface area contributed by atoms with Gasteiger partial charge in [-0.3, -0.25) is 43.7 Å². The van der Waals surface area contributed by atoms with Crippen molar-refractivity contribution in [1.82, 2.24) is 124 Å². The highest BCUT2D eigenvalue weighted by Crippen LogP contribution is 2.54. The molecule has 0 fully saturated rings. The molecule has 0 atom stereocenters. The van der Waals surface area contributed by atoms with E-state index in [0.717, 1.165) is 0 Å². The van der Waals surface area contributed by atoms with E-state index in [1.54, 1.807) is 35.7 Å². The summed E-state index contributed by atoms with van der Waals surface area (Å²) in [5.74, 6) is -0.590. The lowest BCUT2D eigenvalue weighted by atomic mass is 9.95. The zero-order valence-electron chi connectivity index (χ0n) is 43.5. The van der Waals surface area contributed by atoms with Gasteiger partial charge in [0.05, 0.1) is 65.1 Å². The van der Waals surface area contributed by atoms with Crippen LogP contribution in [0, 0.1) is 0 Å². The van der Waals surface area contributed by atoms with E-state index in [1.165, 1.54) is 60.7 Å². The number of nitrogens with one attached hydrogen (secondary N) is 4. The lowest BCUT2D eigenvalue weighted by Gasteiger charge is -2.16. The van der Waals surface area contributed by atoms with Gasteiger partial charge in [-0.2, -0.15) is 4.98 Å². The molecule has 35 nitrogen and oxygen atoms in total. The molecule has 0 aliphatic carbocycles. The summed E-state index contributed by atoms with van der Waals surface area (Å²) in [7, 11) is 1.53. The molecule has 0 saturated carbocycles. The Balaban J connectivity index is 1.06. The number of aromatic amines is 4. The molecule has 0 spiro atoms. The third-order valence-corrected chi connectivity index (χ3v) is 14.6. The topological polar surface area (TPSA) is 502 Å². The predicted octanol–water partition coefficient (Wildman–Crippen LogP) is 0.342. The molecule has 16 rings (SSSR count). The number of H-pyrrole nitrogens is 4. The Kier molecular flexibility index (Phi) is 9.71. The number of nitrogens with two attached hydrogens (primary N) is 5. The van der Waals surface area contributed by atoms with Crippen LogP contribution in [-0.2, 0) is 7.05 Å². The Bertz CT molecular complexity index is 5630. The van der Waals surface area contributed by atoms with Gasteiger partial charge >= 0.3 is 5.69 Å². The second kappa shape index (κ2) is 17.3. The van der Waals surface area contributed by atoms with Gasteiger partial charge in [0, 0.05) is 91.2 Å². The third kappa shape index (κ3) is 7.33. The number of nitrogen functional groups attached to an aromatic ring is 5. The number of rotatable bonds is 10. The van der Waals surface area contributed by atoms with Gasteiger partial charge in [0.15, 0.2) is 0 Å². The van der Waals surface area contributed by atoms with Crippen LogP contribution in [0.25, 0.3) is 139 Å². The average Bonchev–Trinajstić information content (AvgIpc) is 1.51. The van der Waals surface area contributed by atoms with Crippen LogP contribution in [0.3, 0.4) is 0 Å². The maximum atomic E-state index is 13.0. The van der Waals surface area contributed by atoms with Gasteiger partial charge in [-0.15, -0.1) is 25.5 Å². The molecule has 0 amide bonds. The van der Waals surface area contributed by atoms with E-state index < -0.39 is 27.9 Å². The normalized spacial score (nSPS) is 12.0. The fourth-order valence-corrected chi connectivity index (χ4v) is 11.1. The van der Waals surface area contributed by atoms with Crippen molar-refractivity contribution in [3.63, 3.8) is 0 Å². The predicted molar refractivity (Wildman–Crippen MR) is 308 cm³/mol. The summed E-state index contributed by atoms with van der Waals surface area (Å²) in [6, 6.07) is 15.9. The summed E-state index contributed by atoms with van der Waals surface area (Å²) >= 11 is 0. The highest BCUT2D eigenvalue weighted by atomic mass is 16.1. The molecule has 6 aromatic carbocycles. The number of nitrogens with zero attached hydrogens (tertiary/aromatic N) is 21. The minimum Gasteiger partial charge on any atom is -0.383 e. The van der Waals surface area contributed by atoms with Gasteiger partial charge in [-0.05, 0) is 30.3 Å². The van der Waals surface area contributed by atoms with Crippen LogP contribution in [0.1, 0.15) is 0 Å². The van der Waals surface area contributed by atoms with Crippen LogP contribution in [0.15, 0.2) is 116 Å². The van der Waals surface area contributed by atoms with Crippen molar-refractivity contribution >= 4 is 83.5 Å². The van der Waals surface area contributed by atoms with Gasteiger partial charge in [0.1, 0.15) is 57.1 Å². The summed E-state index contributed by atoms with van der Waals surface area (Å²) in [4.78, 5) is 94.9. The Morgan fingerprint density at radius 2 is 0.581 bits per heavy atom. The highest BCUT2D eigenvalue weighted by molar-refractivity contribution is 6.47. The lowest BCUT2D eigenvalue weighted by Crippen LogP contribution is -2.22. The Morgan fingerprint density at radius 3 is 0.849 bits per heavy atom. The molecule has 0 aliphatic heterocycles. The molecule has 0 aliphatic rings. The summed E-state index contributed by atoms with van der Waals surface area (Å²) in [5, 5.41) is 52.0. The molecular formula is C51H32N30O5. The van der Waals surface area contributed by atoms with E-state index in [9.17, 15) is 24.0 Å². The average molecular weight is 1150 g/mol. The molecule has 10 aromatic heterocycles. The summed E-state index contributed by atoms with van der Waals surface area (Å²) < 4.78 is 8.97. The van der Waals surface area contributed by atoms with Crippen LogP contribution in [0.2, 0.25) is 0 Å². The summed E-state index contributed by atoms with van der Waals surface area (Å²) in [6.07, 6.45) is 8.03. The number of hydrogen-bond acceptors (Lipinski definition) is 25. The van der Waals surface area contributed by atoms with Crippen molar-refractivity contribution in [2.45, 2.75) is 0 Å². The first-order chi connectivity index (χ1) is 41.5. The van der Waals surface area contributed by atoms with Gasteiger partial charge < -0.3 is 28.7 Å². The van der Waals surface area contributed by atoms with E-state index in [-0.39, 0.29) is 80.9 Å². The minimum absolute atomic E-state index is 0.0297. The largest absolute Gasteiger partial charge is 0.383 e. The van der Waals surface area contributed by atoms with E-state index >= 15 is 0 Å². The summed E-state index contributed by atoms with van der Waals surface area (Å²) in [6.45, 7) is 0. The molecular weight excluding hydrogens is 1110 g/mol. The van der Waals surface area contributed by atoms with Crippen molar-refractivity contribution in [2.75, 3.05) is 28.7 Å². The van der Waals surface area contributed by atoms with Crippen LogP contribution in [-0.4, -0.2) is 124 Å². The smallest absolute Gasteiger partial charge is 0.349 e. The van der Waals surface area contributed by atoms with Crippen molar-refractivity contribution in [3.8, 4) is 85.4 Å². The first-order valence-electron chi connectivity index (χ1n) is 25.3. The first-order valence-corrected chi connectivity index (χ1v) is 25.3. The number of hydrogen-bond donors (Lipinski definition) is 9. The van der Waals surface area contributed by atoms with Crippen molar-refractivity contribution in [2.24, 2.45) is 7.05 Å². The quantitative estimate of drug-likeness (QED) is 0.0834. The van der Waals surface area contributed by atoms with Crippen LogP contribution < -0.4 is 56.6 Å².